The number of aliphatic carboxylic acids is 1. The van der Waals surface area contributed by atoms with Gasteiger partial charge < -0.3 is 9.84 Å². The maximum Gasteiger partial charge on any atom is 0.476 e. The molecule has 0 radical (unpaired) electrons. The minimum absolute atomic E-state index is 0.186. The van der Waals surface area contributed by atoms with Crippen LogP contribution in [0, 0.1) is 0 Å². The van der Waals surface area contributed by atoms with Gasteiger partial charge in [-0.1, -0.05) is 11.6 Å². The highest BCUT2D eigenvalue weighted by Gasteiger charge is 2.65. The largest absolute Gasteiger partial charge is 0.477 e. The van der Waals surface area contributed by atoms with Crippen LogP contribution in [0.25, 0.3) is 0 Å². The van der Waals surface area contributed by atoms with E-state index in [1.807, 2.05) is 0 Å². The van der Waals surface area contributed by atoms with E-state index in [1.54, 1.807) is 0 Å². The van der Waals surface area contributed by atoms with Gasteiger partial charge in [-0.2, -0.15) is 17.6 Å². The number of ether oxygens (including phenoxy) is 1. The topological polar surface area (TPSA) is 46.5 Å². The van der Waals surface area contributed by atoms with Crippen LogP contribution in [0.1, 0.15) is 0 Å². The minimum atomic E-state index is -5.33. The van der Waals surface area contributed by atoms with Gasteiger partial charge in [-0.15, -0.1) is 0 Å². The lowest BCUT2D eigenvalue weighted by Crippen LogP contribution is -2.50. The molecular weight excluding hydrogens is 268 g/mol. The number of carboxylic acid groups (broad SMARTS) is 1. The van der Waals surface area contributed by atoms with Gasteiger partial charge in [0.25, 0.3) is 0 Å². The molecule has 3 nitrogen and oxygen atoms in total. The quantitative estimate of drug-likeness (QED) is 0.857. The Labute approximate surface area is 97.6 Å². The van der Waals surface area contributed by atoms with E-state index in [2.05, 4.69) is 4.74 Å². The Morgan fingerprint density at radius 2 is 1.65 bits per heavy atom. The van der Waals surface area contributed by atoms with Crippen LogP contribution in [0.2, 0.25) is 5.02 Å². The standard InChI is InChI=1S/C9H5ClF4O3/c10-5-1-3-6(4-2-5)17-9(13,14)8(11,12)7(15)16/h1-4H,(H,15,16). The van der Waals surface area contributed by atoms with Crippen LogP contribution >= 0.6 is 11.6 Å². The zero-order valence-electron chi connectivity index (χ0n) is 7.96. The first kappa shape index (κ1) is 13.6. The smallest absolute Gasteiger partial charge is 0.476 e. The number of halogens is 5. The fourth-order valence-corrected chi connectivity index (χ4v) is 0.965. The first-order chi connectivity index (χ1) is 7.67. The average Bonchev–Trinajstić information content (AvgIpc) is 2.20. The van der Waals surface area contributed by atoms with Crippen LogP contribution in [-0.2, 0) is 4.79 Å². The number of benzene rings is 1. The lowest BCUT2D eigenvalue weighted by atomic mass is 10.3. The van der Waals surface area contributed by atoms with E-state index in [-0.39, 0.29) is 5.02 Å². The van der Waals surface area contributed by atoms with Crippen LogP contribution in [0.4, 0.5) is 17.6 Å². The van der Waals surface area contributed by atoms with Crippen LogP contribution in [0.3, 0.4) is 0 Å². The third-order valence-electron chi connectivity index (χ3n) is 1.69. The second-order valence-corrected chi connectivity index (χ2v) is 3.39. The minimum Gasteiger partial charge on any atom is -0.477 e. The monoisotopic (exact) mass is 272 g/mol. The molecule has 0 unspecified atom stereocenters. The third-order valence-corrected chi connectivity index (χ3v) is 1.95. The zero-order chi connectivity index (χ0) is 13.3. The summed E-state index contributed by atoms with van der Waals surface area (Å²) in [6.45, 7) is 0. The maximum atomic E-state index is 12.9. The first-order valence-corrected chi connectivity index (χ1v) is 4.48. The molecule has 1 aromatic rings. The Kier molecular flexibility index (Phi) is 3.51. The maximum absolute atomic E-state index is 12.9. The van der Waals surface area contributed by atoms with E-state index >= 15 is 0 Å². The van der Waals surface area contributed by atoms with Gasteiger partial charge >= 0.3 is 18.0 Å². The molecule has 0 spiro atoms. The number of hydrogen-bond donors (Lipinski definition) is 1. The summed E-state index contributed by atoms with van der Waals surface area (Å²) in [5.41, 5.74) is 0. The van der Waals surface area contributed by atoms with Crippen LogP contribution in [-0.4, -0.2) is 23.1 Å². The van der Waals surface area contributed by atoms with Crippen molar-refractivity contribution < 1.29 is 32.2 Å². The van der Waals surface area contributed by atoms with Crippen molar-refractivity contribution in [1.82, 2.24) is 0 Å². The van der Waals surface area contributed by atoms with E-state index in [4.69, 9.17) is 16.7 Å². The second kappa shape index (κ2) is 4.40. The molecule has 0 atom stereocenters. The van der Waals surface area contributed by atoms with Gasteiger partial charge in [-0.05, 0) is 24.3 Å². The lowest BCUT2D eigenvalue weighted by molar-refractivity contribution is -0.301. The predicted octanol–water partition coefficient (Wildman–Crippen LogP) is 3.03. The number of rotatable bonds is 4. The molecule has 1 N–H and O–H groups in total. The second-order valence-electron chi connectivity index (χ2n) is 2.95. The van der Waals surface area contributed by atoms with Crippen molar-refractivity contribution in [2.75, 3.05) is 0 Å². The fourth-order valence-electron chi connectivity index (χ4n) is 0.839. The van der Waals surface area contributed by atoms with Gasteiger partial charge in [-0.3, -0.25) is 0 Å². The Morgan fingerprint density at radius 1 is 1.18 bits per heavy atom. The van der Waals surface area contributed by atoms with Crippen molar-refractivity contribution in [2.45, 2.75) is 12.0 Å². The Morgan fingerprint density at radius 3 is 2.06 bits per heavy atom. The highest BCUT2D eigenvalue weighted by Crippen LogP contribution is 2.36. The highest BCUT2D eigenvalue weighted by atomic mass is 35.5. The van der Waals surface area contributed by atoms with Crippen molar-refractivity contribution in [3.8, 4) is 5.75 Å². The molecule has 17 heavy (non-hydrogen) atoms. The molecule has 0 fully saturated rings. The Bertz CT molecular complexity index is 419. The molecule has 0 amide bonds. The third kappa shape index (κ3) is 2.79. The normalized spacial score (nSPS) is 12.3. The number of carbonyl (C=O) groups is 1. The van der Waals surface area contributed by atoms with Crippen molar-refractivity contribution in [3.63, 3.8) is 0 Å². The summed E-state index contributed by atoms with van der Waals surface area (Å²) >= 11 is 5.44. The van der Waals surface area contributed by atoms with Crippen LogP contribution < -0.4 is 4.74 Å². The summed E-state index contributed by atoms with van der Waals surface area (Å²) < 4.78 is 54.5. The van der Waals surface area contributed by atoms with Gasteiger partial charge in [0.2, 0.25) is 0 Å². The molecule has 94 valence electrons. The van der Waals surface area contributed by atoms with E-state index < -0.39 is 23.7 Å². The molecule has 0 aromatic heterocycles. The lowest BCUT2D eigenvalue weighted by Gasteiger charge is -2.23. The van der Waals surface area contributed by atoms with Crippen molar-refractivity contribution in [2.24, 2.45) is 0 Å². The highest BCUT2D eigenvalue weighted by molar-refractivity contribution is 6.30. The van der Waals surface area contributed by atoms with Gasteiger partial charge in [0, 0.05) is 5.02 Å². The first-order valence-electron chi connectivity index (χ1n) is 4.10. The van der Waals surface area contributed by atoms with E-state index in [0.717, 1.165) is 24.3 Å². The molecule has 0 aliphatic rings. The molecule has 0 bridgehead atoms. The number of carboxylic acids is 1. The van der Waals surface area contributed by atoms with E-state index in [0.29, 0.717) is 0 Å². The summed E-state index contributed by atoms with van der Waals surface area (Å²) in [6, 6.07) is 4.08. The van der Waals surface area contributed by atoms with Gasteiger partial charge in [0.05, 0.1) is 0 Å². The van der Waals surface area contributed by atoms with Crippen LogP contribution in [0.15, 0.2) is 24.3 Å². The Balaban J connectivity index is 2.93. The molecule has 0 heterocycles. The molecule has 0 saturated heterocycles. The molecule has 0 aliphatic heterocycles. The van der Waals surface area contributed by atoms with Gasteiger partial charge in [0.15, 0.2) is 0 Å². The molecular formula is C9H5ClF4O3. The summed E-state index contributed by atoms with van der Waals surface area (Å²) in [5, 5.41) is 8.15. The van der Waals surface area contributed by atoms with Gasteiger partial charge in [-0.25, -0.2) is 4.79 Å². The predicted molar refractivity (Wildman–Crippen MR) is 49.6 cm³/mol. The van der Waals surface area contributed by atoms with Crippen molar-refractivity contribution in [1.29, 1.82) is 0 Å². The average molecular weight is 273 g/mol. The fraction of sp³-hybridized carbons (Fsp3) is 0.222. The van der Waals surface area contributed by atoms with E-state index in [9.17, 15) is 22.4 Å². The molecule has 0 saturated carbocycles. The van der Waals surface area contributed by atoms with E-state index in [1.165, 1.54) is 0 Å². The number of alkyl halides is 4. The zero-order valence-corrected chi connectivity index (χ0v) is 8.72. The molecule has 1 aromatic carbocycles. The van der Waals surface area contributed by atoms with Crippen molar-refractivity contribution >= 4 is 17.6 Å². The molecule has 1 rings (SSSR count). The summed E-state index contributed by atoms with van der Waals surface area (Å²) in [6.07, 6.45) is -5.16. The number of hydrogen-bond acceptors (Lipinski definition) is 2. The van der Waals surface area contributed by atoms with Crippen molar-refractivity contribution in [3.05, 3.63) is 29.3 Å². The molecule has 8 heteroatoms. The molecule has 0 aliphatic carbocycles. The Hall–Kier alpha value is -1.50. The summed E-state index contributed by atoms with van der Waals surface area (Å²) in [4.78, 5) is 9.98. The SMILES string of the molecule is O=C(O)C(F)(F)C(F)(F)Oc1ccc(Cl)cc1. The summed E-state index contributed by atoms with van der Waals surface area (Å²) in [5.74, 6) is -8.93. The van der Waals surface area contributed by atoms with Crippen LogP contribution in [0.5, 0.6) is 5.75 Å². The summed E-state index contributed by atoms with van der Waals surface area (Å²) in [7, 11) is 0. The van der Waals surface area contributed by atoms with Gasteiger partial charge in [0.1, 0.15) is 5.75 Å².